The van der Waals surface area contributed by atoms with Gasteiger partial charge in [-0.05, 0) is 36.8 Å². The van der Waals surface area contributed by atoms with Gasteiger partial charge in [0.25, 0.3) is 5.91 Å². The van der Waals surface area contributed by atoms with E-state index in [-0.39, 0.29) is 24.3 Å². The average Bonchev–Trinajstić information content (AvgIpc) is 2.84. The molecule has 1 spiro atoms. The zero-order chi connectivity index (χ0) is 17.9. The van der Waals surface area contributed by atoms with Crippen molar-refractivity contribution in [2.24, 2.45) is 5.92 Å². The molecule has 2 N–H and O–H groups in total. The third-order valence-electron chi connectivity index (χ3n) is 5.26. The van der Waals surface area contributed by atoms with E-state index < -0.39 is 11.6 Å². The Labute approximate surface area is 147 Å². The van der Waals surface area contributed by atoms with Crippen LogP contribution in [0.3, 0.4) is 0 Å². The summed E-state index contributed by atoms with van der Waals surface area (Å²) in [5.74, 6) is -0.489. The molecule has 7 heteroatoms. The molecule has 1 aromatic heterocycles. The van der Waals surface area contributed by atoms with Crippen LogP contribution in [0.4, 0.5) is 4.79 Å². The quantitative estimate of drug-likeness (QED) is 0.786. The van der Waals surface area contributed by atoms with Gasteiger partial charge in [-0.1, -0.05) is 25.8 Å². The van der Waals surface area contributed by atoms with Gasteiger partial charge in [0.05, 0.1) is 0 Å². The van der Waals surface area contributed by atoms with Gasteiger partial charge < -0.3 is 10.6 Å². The van der Waals surface area contributed by atoms with E-state index in [4.69, 9.17) is 0 Å². The lowest BCUT2D eigenvalue weighted by atomic mass is 9.73. The summed E-state index contributed by atoms with van der Waals surface area (Å²) in [4.78, 5) is 42.2. The standard InChI is InChI=1S/C18H24N4O3/c1-13-5-2-3-8-18(13)16(24)22(17(25)21-18)12-15(23)20-10-7-14-6-4-9-19-11-14/h4,6,9,11,13H,2-3,5,7-8,10,12H2,1H3,(H,20,23)(H,21,25)/t13-,18-/m1/s1. The van der Waals surface area contributed by atoms with Crippen molar-refractivity contribution in [1.82, 2.24) is 20.5 Å². The fourth-order valence-electron chi connectivity index (χ4n) is 3.73. The number of hydrogen-bond acceptors (Lipinski definition) is 4. The lowest BCUT2D eigenvalue weighted by Gasteiger charge is -2.36. The summed E-state index contributed by atoms with van der Waals surface area (Å²) in [5.41, 5.74) is 0.207. The molecule has 0 unspecified atom stereocenters. The van der Waals surface area contributed by atoms with Crippen LogP contribution in [0, 0.1) is 5.92 Å². The number of imide groups is 1. The highest BCUT2D eigenvalue weighted by Crippen LogP contribution is 2.38. The normalized spacial score (nSPS) is 26.0. The molecule has 2 aliphatic rings. The van der Waals surface area contributed by atoms with Gasteiger partial charge in [0.1, 0.15) is 12.1 Å². The molecule has 25 heavy (non-hydrogen) atoms. The zero-order valence-electron chi connectivity index (χ0n) is 14.5. The number of amides is 4. The van der Waals surface area contributed by atoms with Crippen molar-refractivity contribution in [3.63, 3.8) is 0 Å². The van der Waals surface area contributed by atoms with Crippen LogP contribution in [0.15, 0.2) is 24.5 Å². The summed E-state index contributed by atoms with van der Waals surface area (Å²) in [7, 11) is 0. The maximum Gasteiger partial charge on any atom is 0.325 e. The van der Waals surface area contributed by atoms with E-state index in [1.165, 1.54) is 0 Å². The van der Waals surface area contributed by atoms with Crippen molar-refractivity contribution in [3.05, 3.63) is 30.1 Å². The molecule has 0 aromatic carbocycles. The number of rotatable bonds is 5. The molecule has 1 saturated carbocycles. The molecule has 1 aliphatic carbocycles. The summed E-state index contributed by atoms with van der Waals surface area (Å²) in [6.45, 7) is 2.21. The van der Waals surface area contributed by atoms with Crippen LogP contribution in [0.25, 0.3) is 0 Å². The molecule has 1 saturated heterocycles. The van der Waals surface area contributed by atoms with Gasteiger partial charge in [-0.2, -0.15) is 0 Å². The Morgan fingerprint density at radius 2 is 2.28 bits per heavy atom. The Morgan fingerprint density at radius 1 is 1.44 bits per heavy atom. The zero-order valence-corrected chi connectivity index (χ0v) is 14.5. The predicted octanol–water partition coefficient (Wildman–Crippen LogP) is 1.24. The van der Waals surface area contributed by atoms with E-state index in [0.717, 1.165) is 29.7 Å². The number of nitrogens with zero attached hydrogens (tertiary/aromatic N) is 2. The van der Waals surface area contributed by atoms with Gasteiger partial charge in [0, 0.05) is 18.9 Å². The van der Waals surface area contributed by atoms with Gasteiger partial charge in [-0.3, -0.25) is 19.5 Å². The first-order valence-corrected chi connectivity index (χ1v) is 8.82. The summed E-state index contributed by atoms with van der Waals surface area (Å²) < 4.78 is 0. The Morgan fingerprint density at radius 3 is 3.00 bits per heavy atom. The molecule has 1 aromatic rings. The van der Waals surface area contributed by atoms with Crippen molar-refractivity contribution in [3.8, 4) is 0 Å². The van der Waals surface area contributed by atoms with Gasteiger partial charge in [-0.15, -0.1) is 0 Å². The van der Waals surface area contributed by atoms with E-state index in [9.17, 15) is 14.4 Å². The fraction of sp³-hybridized carbons (Fsp3) is 0.556. The van der Waals surface area contributed by atoms with Gasteiger partial charge in [0.15, 0.2) is 0 Å². The summed E-state index contributed by atoms with van der Waals surface area (Å²) >= 11 is 0. The van der Waals surface area contributed by atoms with E-state index >= 15 is 0 Å². The smallest absolute Gasteiger partial charge is 0.325 e. The second kappa shape index (κ2) is 7.21. The number of hydrogen-bond donors (Lipinski definition) is 2. The highest BCUT2D eigenvalue weighted by molar-refractivity contribution is 6.09. The minimum absolute atomic E-state index is 0.0938. The summed E-state index contributed by atoms with van der Waals surface area (Å²) in [5, 5.41) is 5.62. The molecule has 2 heterocycles. The first-order chi connectivity index (χ1) is 12.0. The van der Waals surface area contributed by atoms with Crippen LogP contribution in [0.2, 0.25) is 0 Å². The molecule has 0 bridgehead atoms. The van der Waals surface area contributed by atoms with Crippen LogP contribution in [-0.4, -0.2) is 46.4 Å². The number of nitrogens with one attached hydrogen (secondary N) is 2. The van der Waals surface area contributed by atoms with Crippen molar-refractivity contribution in [2.45, 2.75) is 44.6 Å². The van der Waals surface area contributed by atoms with Crippen LogP contribution in [0.1, 0.15) is 38.2 Å². The van der Waals surface area contributed by atoms with Gasteiger partial charge in [0.2, 0.25) is 5.91 Å². The van der Waals surface area contributed by atoms with Crippen molar-refractivity contribution in [2.75, 3.05) is 13.1 Å². The summed E-state index contributed by atoms with van der Waals surface area (Å²) in [6, 6.07) is 3.32. The second-order valence-corrected chi connectivity index (χ2v) is 6.90. The van der Waals surface area contributed by atoms with Crippen molar-refractivity contribution < 1.29 is 14.4 Å². The maximum absolute atomic E-state index is 12.8. The third kappa shape index (κ3) is 3.50. The molecule has 1 aliphatic heterocycles. The number of pyridine rings is 1. The average molecular weight is 344 g/mol. The number of carbonyl (C=O) groups is 3. The van der Waals surface area contributed by atoms with Crippen LogP contribution < -0.4 is 10.6 Å². The monoisotopic (exact) mass is 344 g/mol. The molecule has 3 rings (SSSR count). The van der Waals surface area contributed by atoms with Gasteiger partial charge >= 0.3 is 6.03 Å². The molecule has 134 valence electrons. The minimum Gasteiger partial charge on any atom is -0.354 e. The lowest BCUT2D eigenvalue weighted by Crippen LogP contribution is -2.54. The topological polar surface area (TPSA) is 91.4 Å². The number of aromatic nitrogens is 1. The number of urea groups is 1. The third-order valence-corrected chi connectivity index (χ3v) is 5.26. The lowest BCUT2D eigenvalue weighted by molar-refractivity contribution is -0.137. The Bertz CT molecular complexity index is 664. The highest BCUT2D eigenvalue weighted by atomic mass is 16.2. The van der Waals surface area contributed by atoms with E-state index in [2.05, 4.69) is 15.6 Å². The maximum atomic E-state index is 12.8. The first-order valence-electron chi connectivity index (χ1n) is 8.82. The second-order valence-electron chi connectivity index (χ2n) is 6.90. The minimum atomic E-state index is -0.814. The molecule has 2 atom stereocenters. The van der Waals surface area contributed by atoms with Crippen LogP contribution >= 0.6 is 0 Å². The Balaban J connectivity index is 1.54. The Kier molecular flexibility index (Phi) is 5.01. The molecule has 0 radical (unpaired) electrons. The fourth-order valence-corrected chi connectivity index (χ4v) is 3.73. The molecule has 4 amide bonds. The van der Waals surface area contributed by atoms with Crippen LogP contribution in [-0.2, 0) is 16.0 Å². The van der Waals surface area contributed by atoms with Crippen molar-refractivity contribution >= 4 is 17.8 Å². The Hall–Kier alpha value is -2.44. The highest BCUT2D eigenvalue weighted by Gasteiger charge is 2.55. The number of carbonyl (C=O) groups excluding carboxylic acids is 3. The predicted molar refractivity (Wildman–Crippen MR) is 91.6 cm³/mol. The van der Waals surface area contributed by atoms with Gasteiger partial charge in [-0.25, -0.2) is 4.79 Å². The summed E-state index contributed by atoms with van der Waals surface area (Å²) in [6.07, 6.45) is 7.65. The van der Waals surface area contributed by atoms with Crippen molar-refractivity contribution in [1.29, 1.82) is 0 Å². The van der Waals surface area contributed by atoms with E-state index in [0.29, 0.717) is 19.4 Å². The van der Waals surface area contributed by atoms with E-state index in [1.807, 2.05) is 19.1 Å². The van der Waals surface area contributed by atoms with Crippen LogP contribution in [0.5, 0.6) is 0 Å². The first kappa shape index (κ1) is 17.4. The molecular formula is C18H24N4O3. The SMILES string of the molecule is C[C@@H]1CCCC[C@@]12NC(=O)N(CC(=O)NCCc1cccnc1)C2=O. The molecule has 7 nitrogen and oxygen atoms in total. The molecule has 2 fully saturated rings. The molecular weight excluding hydrogens is 320 g/mol. The largest absolute Gasteiger partial charge is 0.354 e. The van der Waals surface area contributed by atoms with E-state index in [1.54, 1.807) is 12.4 Å².